The molecule has 2 aromatic rings. The fourth-order valence-corrected chi connectivity index (χ4v) is 4.96. The van der Waals surface area contributed by atoms with E-state index in [0.717, 1.165) is 30.3 Å². The van der Waals surface area contributed by atoms with Crippen LogP contribution in [0.25, 0.3) is 6.08 Å². The Bertz CT molecular complexity index is 1240. The molecule has 2 atom stereocenters. The minimum Gasteiger partial charge on any atom is -0.294 e. The molecule has 0 amide bonds. The van der Waals surface area contributed by atoms with E-state index in [1.807, 2.05) is 0 Å². The Morgan fingerprint density at radius 2 is 1.62 bits per heavy atom. The van der Waals surface area contributed by atoms with Gasteiger partial charge in [0.1, 0.15) is 6.07 Å². The third kappa shape index (κ3) is 9.65. The van der Waals surface area contributed by atoms with Gasteiger partial charge in [-0.1, -0.05) is 54.4 Å². The van der Waals surface area contributed by atoms with Gasteiger partial charge in [-0.15, -0.1) is 0 Å². The fraction of sp³-hybridized carbons (Fsp3) is 0.360. The van der Waals surface area contributed by atoms with Crippen LogP contribution in [0.15, 0.2) is 36.4 Å². The lowest BCUT2D eigenvalue weighted by Gasteiger charge is -2.19. The molecule has 0 bridgehead atoms. The second-order valence-corrected chi connectivity index (χ2v) is 10.4. The summed E-state index contributed by atoms with van der Waals surface area (Å²) >= 11 is 12.2. The molecule has 0 aliphatic heterocycles. The zero-order chi connectivity index (χ0) is 29.8. The SMILES string of the molecule is C[C@H](CSCC(F)(F)F)CC(=O)c1ccc(/C=C/C(c2cc(Cl)c(C#N)c(Cl)c2)C(F)(F)F)cc1C(F)(F)F. The molecule has 0 radical (unpaired) electrons. The van der Waals surface area contributed by atoms with E-state index in [0.29, 0.717) is 23.9 Å². The monoisotopic (exact) mass is 621 g/mol. The summed E-state index contributed by atoms with van der Waals surface area (Å²) in [5.74, 6) is -5.25. The van der Waals surface area contributed by atoms with Crippen LogP contribution in [-0.2, 0) is 6.18 Å². The summed E-state index contributed by atoms with van der Waals surface area (Å²) in [7, 11) is 0. The number of nitrogens with zero attached hydrogens (tertiary/aromatic N) is 1. The first-order chi connectivity index (χ1) is 17.8. The normalized spacial score (nSPS) is 14.3. The molecule has 39 heavy (non-hydrogen) atoms. The average Bonchev–Trinajstić information content (AvgIpc) is 2.76. The number of carbonyl (C=O) groups is 1. The van der Waals surface area contributed by atoms with Crippen LogP contribution in [0.5, 0.6) is 0 Å². The number of hydrogen-bond acceptors (Lipinski definition) is 3. The van der Waals surface area contributed by atoms with Gasteiger partial charge >= 0.3 is 18.5 Å². The summed E-state index contributed by atoms with van der Waals surface area (Å²) in [4.78, 5) is 12.5. The Balaban J connectivity index is 2.36. The Labute approximate surface area is 231 Å². The summed E-state index contributed by atoms with van der Waals surface area (Å²) in [5, 5.41) is 8.32. The molecular formula is C25H18Cl2F9NOS. The van der Waals surface area contributed by atoms with Crippen LogP contribution in [-0.4, -0.2) is 29.6 Å². The van der Waals surface area contributed by atoms with Crippen LogP contribution in [0.3, 0.4) is 0 Å². The first-order valence-corrected chi connectivity index (χ1v) is 12.8. The van der Waals surface area contributed by atoms with Crippen LogP contribution in [0.2, 0.25) is 10.0 Å². The summed E-state index contributed by atoms with van der Waals surface area (Å²) in [6, 6.07) is 5.76. The Hall–Kier alpha value is -2.36. The van der Waals surface area contributed by atoms with Gasteiger partial charge in [-0.25, -0.2) is 0 Å². The number of Topliss-reactive ketones (excluding diaryl/α,β-unsaturated/α-hetero) is 1. The number of hydrogen-bond donors (Lipinski definition) is 0. The Kier molecular flexibility index (Phi) is 10.8. The lowest BCUT2D eigenvalue weighted by Crippen LogP contribution is -2.19. The number of carbonyl (C=O) groups excluding carboxylic acids is 1. The molecule has 212 valence electrons. The van der Waals surface area contributed by atoms with Gasteiger partial charge < -0.3 is 0 Å². The zero-order valence-electron chi connectivity index (χ0n) is 19.7. The van der Waals surface area contributed by atoms with E-state index in [2.05, 4.69) is 0 Å². The van der Waals surface area contributed by atoms with Crippen molar-refractivity contribution in [3.63, 3.8) is 0 Å². The quantitative estimate of drug-likeness (QED) is 0.207. The van der Waals surface area contributed by atoms with Crippen LogP contribution in [0, 0.1) is 17.2 Å². The first-order valence-electron chi connectivity index (χ1n) is 10.9. The van der Waals surface area contributed by atoms with E-state index < -0.39 is 65.0 Å². The van der Waals surface area contributed by atoms with Gasteiger partial charge in [0.05, 0.1) is 32.8 Å². The predicted octanol–water partition coefficient (Wildman–Crippen LogP) is 9.75. The number of alkyl halides is 9. The van der Waals surface area contributed by atoms with Gasteiger partial charge in [-0.3, -0.25) is 4.79 Å². The summed E-state index contributed by atoms with van der Waals surface area (Å²) < 4.78 is 119. The Morgan fingerprint density at radius 1 is 1.03 bits per heavy atom. The highest BCUT2D eigenvalue weighted by atomic mass is 35.5. The number of thioether (sulfide) groups is 1. The number of nitriles is 1. The predicted molar refractivity (Wildman–Crippen MR) is 132 cm³/mol. The smallest absolute Gasteiger partial charge is 0.294 e. The van der Waals surface area contributed by atoms with Gasteiger partial charge in [-0.2, -0.15) is 56.5 Å². The molecule has 2 nitrogen and oxygen atoms in total. The average molecular weight is 622 g/mol. The maximum absolute atomic E-state index is 13.8. The van der Waals surface area contributed by atoms with Crippen molar-refractivity contribution in [2.24, 2.45) is 5.92 Å². The van der Waals surface area contributed by atoms with Crippen molar-refractivity contribution >= 4 is 46.8 Å². The second-order valence-electron chi connectivity index (χ2n) is 8.52. The van der Waals surface area contributed by atoms with Crippen molar-refractivity contribution in [3.8, 4) is 6.07 Å². The van der Waals surface area contributed by atoms with Crippen molar-refractivity contribution < 1.29 is 44.3 Å². The van der Waals surface area contributed by atoms with Crippen molar-refractivity contribution in [2.75, 3.05) is 11.5 Å². The third-order valence-electron chi connectivity index (χ3n) is 5.22. The number of rotatable bonds is 9. The molecular weight excluding hydrogens is 604 g/mol. The van der Waals surface area contributed by atoms with Gasteiger partial charge in [-0.05, 0) is 41.0 Å². The van der Waals surface area contributed by atoms with E-state index in [4.69, 9.17) is 28.5 Å². The van der Waals surface area contributed by atoms with Crippen LogP contribution < -0.4 is 0 Å². The minimum atomic E-state index is -5.04. The van der Waals surface area contributed by atoms with Crippen LogP contribution >= 0.6 is 35.0 Å². The van der Waals surface area contributed by atoms with Crippen molar-refractivity contribution in [3.05, 3.63) is 74.3 Å². The van der Waals surface area contributed by atoms with E-state index >= 15 is 0 Å². The number of ketones is 1. The van der Waals surface area contributed by atoms with E-state index in [9.17, 15) is 44.3 Å². The van der Waals surface area contributed by atoms with Crippen LogP contribution in [0.4, 0.5) is 39.5 Å². The topological polar surface area (TPSA) is 40.9 Å². The lowest BCUT2D eigenvalue weighted by atomic mass is 9.93. The van der Waals surface area contributed by atoms with Crippen LogP contribution in [0.1, 0.15) is 51.9 Å². The number of allylic oxidation sites excluding steroid dienone is 1. The second kappa shape index (κ2) is 12.9. The number of halogens is 11. The molecule has 0 N–H and O–H groups in total. The van der Waals surface area contributed by atoms with Gasteiger partial charge in [0.25, 0.3) is 0 Å². The van der Waals surface area contributed by atoms with E-state index in [1.54, 1.807) is 6.07 Å². The molecule has 0 aliphatic carbocycles. The van der Waals surface area contributed by atoms with E-state index in [1.165, 1.54) is 6.92 Å². The van der Waals surface area contributed by atoms with Gasteiger partial charge in [0.15, 0.2) is 5.78 Å². The van der Waals surface area contributed by atoms with Crippen molar-refractivity contribution in [1.82, 2.24) is 0 Å². The third-order valence-corrected chi connectivity index (χ3v) is 7.15. The molecule has 0 saturated heterocycles. The minimum absolute atomic E-state index is 0.115. The molecule has 0 spiro atoms. The summed E-state index contributed by atoms with van der Waals surface area (Å²) in [6.07, 6.45) is -13.4. The molecule has 0 fully saturated rings. The van der Waals surface area contributed by atoms with Gasteiger partial charge in [0, 0.05) is 12.0 Å². The van der Waals surface area contributed by atoms with E-state index in [-0.39, 0.29) is 26.9 Å². The summed E-state index contributed by atoms with van der Waals surface area (Å²) in [6.45, 7) is 1.42. The highest BCUT2D eigenvalue weighted by Gasteiger charge is 2.40. The maximum atomic E-state index is 13.8. The number of benzene rings is 2. The molecule has 14 heteroatoms. The highest BCUT2D eigenvalue weighted by Crippen LogP contribution is 2.40. The molecule has 0 heterocycles. The fourth-order valence-electron chi connectivity index (χ4n) is 3.50. The highest BCUT2D eigenvalue weighted by molar-refractivity contribution is 7.99. The molecule has 2 aromatic carbocycles. The molecule has 2 rings (SSSR count). The molecule has 0 aromatic heterocycles. The maximum Gasteiger partial charge on any atom is 0.417 e. The molecule has 0 aliphatic rings. The first kappa shape index (κ1) is 32.8. The standard InChI is InChI=1S/C25H18Cl2F9NOS/c1-13(11-39-12-23(28,29)30)6-22(38)16-4-2-14(7-19(16)25(34,35)36)3-5-18(24(31,32)33)15-8-20(26)17(10-37)21(27)9-15/h2-5,7-9,13,18H,6,11-12H2,1H3/b5-3+/t13-,18?/m0/s1. The Morgan fingerprint density at radius 3 is 2.10 bits per heavy atom. The van der Waals surface area contributed by atoms with Crippen molar-refractivity contribution in [1.29, 1.82) is 5.26 Å². The zero-order valence-corrected chi connectivity index (χ0v) is 22.1. The summed E-state index contributed by atoms with van der Waals surface area (Å²) in [5.41, 5.74) is -3.13. The molecule has 0 saturated carbocycles. The largest absolute Gasteiger partial charge is 0.417 e. The van der Waals surface area contributed by atoms with Gasteiger partial charge in [0.2, 0.25) is 0 Å². The van der Waals surface area contributed by atoms with Crippen molar-refractivity contribution in [2.45, 2.75) is 37.8 Å². The molecule has 1 unspecified atom stereocenters. The lowest BCUT2D eigenvalue weighted by molar-refractivity contribution is -0.139.